The van der Waals surface area contributed by atoms with Crippen LogP contribution in [0.2, 0.25) is 0 Å². The summed E-state index contributed by atoms with van der Waals surface area (Å²) in [7, 11) is 2.16. The van der Waals surface area contributed by atoms with Crippen molar-refractivity contribution in [1.29, 1.82) is 0 Å². The van der Waals surface area contributed by atoms with E-state index in [1.54, 1.807) is 0 Å². The van der Waals surface area contributed by atoms with Crippen LogP contribution in [-0.2, 0) is 5.54 Å². The standard InChI is InChI=1S/C20H34N2/c1-7-11-16(4)20(21,14-8-2)18-12-10-13-19(17(18)5)22(6)15-9-3/h8,10,12-13,16H,2,7,9,11,14-15,21H2,1,3-6H3. The normalized spacial score (nSPS) is 15.2. The number of nitrogens with two attached hydrogens (primary N) is 1. The van der Waals surface area contributed by atoms with Gasteiger partial charge in [0.2, 0.25) is 0 Å². The molecule has 0 heterocycles. The Bertz CT molecular complexity index is 481. The predicted molar refractivity (Wildman–Crippen MR) is 99.5 cm³/mol. The fraction of sp³-hybridized carbons (Fsp3) is 0.600. The minimum atomic E-state index is -0.328. The molecule has 2 atom stereocenters. The zero-order chi connectivity index (χ0) is 16.8. The molecular formula is C20H34N2. The molecule has 22 heavy (non-hydrogen) atoms. The van der Waals surface area contributed by atoms with Crippen LogP contribution in [0.1, 0.15) is 57.6 Å². The molecule has 0 saturated carbocycles. The van der Waals surface area contributed by atoms with Crippen molar-refractivity contribution < 1.29 is 0 Å². The van der Waals surface area contributed by atoms with E-state index in [4.69, 9.17) is 5.73 Å². The maximum absolute atomic E-state index is 6.91. The lowest BCUT2D eigenvalue weighted by Gasteiger charge is -2.38. The Kier molecular flexibility index (Phi) is 7.15. The van der Waals surface area contributed by atoms with Crippen molar-refractivity contribution in [1.82, 2.24) is 0 Å². The van der Waals surface area contributed by atoms with E-state index in [1.165, 1.54) is 16.8 Å². The Morgan fingerprint density at radius 2 is 2.00 bits per heavy atom. The molecular weight excluding hydrogens is 268 g/mol. The van der Waals surface area contributed by atoms with Crippen LogP contribution in [0.15, 0.2) is 30.9 Å². The molecule has 1 rings (SSSR count). The molecule has 0 saturated heterocycles. The number of rotatable bonds is 9. The first kappa shape index (κ1) is 18.8. The van der Waals surface area contributed by atoms with Gasteiger partial charge in [0.25, 0.3) is 0 Å². The topological polar surface area (TPSA) is 29.3 Å². The molecule has 0 aliphatic heterocycles. The van der Waals surface area contributed by atoms with E-state index in [9.17, 15) is 0 Å². The van der Waals surface area contributed by atoms with Gasteiger partial charge < -0.3 is 10.6 Å². The maximum atomic E-state index is 6.91. The summed E-state index contributed by atoms with van der Waals surface area (Å²) in [5.74, 6) is 0.431. The van der Waals surface area contributed by atoms with Crippen LogP contribution in [0.5, 0.6) is 0 Å². The smallest absolute Gasteiger partial charge is 0.0473 e. The summed E-state index contributed by atoms with van der Waals surface area (Å²) in [6.45, 7) is 13.9. The summed E-state index contributed by atoms with van der Waals surface area (Å²) in [5.41, 5.74) is 10.5. The highest BCUT2D eigenvalue weighted by Crippen LogP contribution is 2.38. The fourth-order valence-corrected chi connectivity index (χ4v) is 3.50. The van der Waals surface area contributed by atoms with Gasteiger partial charge in [-0.2, -0.15) is 0 Å². The van der Waals surface area contributed by atoms with E-state index in [0.717, 1.165) is 32.2 Å². The van der Waals surface area contributed by atoms with Gasteiger partial charge in [0, 0.05) is 24.8 Å². The number of benzene rings is 1. The zero-order valence-electron chi connectivity index (χ0n) is 15.2. The lowest BCUT2D eigenvalue weighted by molar-refractivity contribution is 0.278. The minimum Gasteiger partial charge on any atom is -0.374 e. The lowest BCUT2D eigenvalue weighted by Crippen LogP contribution is -2.43. The van der Waals surface area contributed by atoms with E-state index in [0.29, 0.717) is 5.92 Å². The van der Waals surface area contributed by atoms with Gasteiger partial charge in [0.05, 0.1) is 0 Å². The second-order valence-corrected chi connectivity index (χ2v) is 6.59. The minimum absolute atomic E-state index is 0.328. The summed E-state index contributed by atoms with van der Waals surface area (Å²) in [6, 6.07) is 6.55. The molecule has 124 valence electrons. The van der Waals surface area contributed by atoms with Gasteiger partial charge in [-0.05, 0) is 49.3 Å². The van der Waals surface area contributed by atoms with Gasteiger partial charge in [-0.3, -0.25) is 0 Å². The van der Waals surface area contributed by atoms with Gasteiger partial charge in [-0.15, -0.1) is 6.58 Å². The number of anilines is 1. The van der Waals surface area contributed by atoms with Crippen molar-refractivity contribution in [2.24, 2.45) is 11.7 Å². The first-order valence-electron chi connectivity index (χ1n) is 8.63. The third kappa shape index (κ3) is 3.92. The number of hydrogen-bond donors (Lipinski definition) is 1. The van der Waals surface area contributed by atoms with E-state index in [1.807, 2.05) is 6.08 Å². The average Bonchev–Trinajstić information content (AvgIpc) is 2.48. The van der Waals surface area contributed by atoms with E-state index in [-0.39, 0.29) is 5.54 Å². The molecule has 0 aliphatic carbocycles. The Hall–Kier alpha value is -1.28. The van der Waals surface area contributed by atoms with Gasteiger partial charge >= 0.3 is 0 Å². The van der Waals surface area contributed by atoms with Crippen molar-refractivity contribution in [3.05, 3.63) is 42.0 Å². The monoisotopic (exact) mass is 302 g/mol. The largest absolute Gasteiger partial charge is 0.374 e. The summed E-state index contributed by atoms with van der Waals surface area (Å²) in [4.78, 5) is 2.33. The second kappa shape index (κ2) is 8.38. The third-order valence-corrected chi connectivity index (χ3v) is 4.86. The Morgan fingerprint density at radius 1 is 1.32 bits per heavy atom. The van der Waals surface area contributed by atoms with Crippen molar-refractivity contribution in [2.75, 3.05) is 18.5 Å². The summed E-state index contributed by atoms with van der Waals surface area (Å²) >= 11 is 0. The highest BCUT2D eigenvalue weighted by molar-refractivity contribution is 5.57. The van der Waals surface area contributed by atoms with Gasteiger partial charge in [0.1, 0.15) is 0 Å². The molecule has 0 fully saturated rings. The van der Waals surface area contributed by atoms with Crippen LogP contribution in [-0.4, -0.2) is 13.6 Å². The average molecular weight is 303 g/mol. The quantitative estimate of drug-likeness (QED) is 0.650. The van der Waals surface area contributed by atoms with Crippen LogP contribution in [0.4, 0.5) is 5.69 Å². The fourth-order valence-electron chi connectivity index (χ4n) is 3.50. The highest BCUT2D eigenvalue weighted by atomic mass is 15.1. The molecule has 0 aromatic heterocycles. The summed E-state index contributed by atoms with van der Waals surface area (Å²) in [6.07, 6.45) is 6.22. The van der Waals surface area contributed by atoms with Gasteiger partial charge in [-0.25, -0.2) is 0 Å². The van der Waals surface area contributed by atoms with E-state index >= 15 is 0 Å². The molecule has 0 bridgehead atoms. The van der Waals surface area contributed by atoms with E-state index in [2.05, 4.69) is 64.4 Å². The maximum Gasteiger partial charge on any atom is 0.0473 e. The Balaban J connectivity index is 3.31. The van der Waals surface area contributed by atoms with Crippen molar-refractivity contribution >= 4 is 5.69 Å². The van der Waals surface area contributed by atoms with Gasteiger partial charge in [-0.1, -0.05) is 45.4 Å². The molecule has 2 heteroatoms. The highest BCUT2D eigenvalue weighted by Gasteiger charge is 2.34. The van der Waals surface area contributed by atoms with Crippen molar-refractivity contribution in [2.45, 2.75) is 58.9 Å². The van der Waals surface area contributed by atoms with Crippen LogP contribution >= 0.6 is 0 Å². The summed E-state index contributed by atoms with van der Waals surface area (Å²) in [5, 5.41) is 0. The van der Waals surface area contributed by atoms with Crippen LogP contribution < -0.4 is 10.6 Å². The SMILES string of the molecule is C=CCC(N)(c1cccc(N(C)CCC)c1C)C(C)CCC. The number of nitrogens with zero attached hydrogens (tertiary/aromatic N) is 1. The Morgan fingerprint density at radius 3 is 2.55 bits per heavy atom. The molecule has 2 N–H and O–H groups in total. The van der Waals surface area contributed by atoms with Crippen LogP contribution in [0.25, 0.3) is 0 Å². The molecule has 2 nitrogen and oxygen atoms in total. The van der Waals surface area contributed by atoms with Gasteiger partial charge in [0.15, 0.2) is 0 Å². The molecule has 1 aromatic rings. The third-order valence-electron chi connectivity index (χ3n) is 4.86. The van der Waals surface area contributed by atoms with Crippen LogP contribution in [0.3, 0.4) is 0 Å². The first-order chi connectivity index (χ1) is 10.4. The predicted octanol–water partition coefficient (Wildman–Crippen LogP) is 5.01. The molecule has 1 aromatic carbocycles. The van der Waals surface area contributed by atoms with Crippen LogP contribution in [0, 0.1) is 12.8 Å². The van der Waals surface area contributed by atoms with E-state index < -0.39 is 0 Å². The van der Waals surface area contributed by atoms with Crippen molar-refractivity contribution in [3.8, 4) is 0 Å². The number of hydrogen-bond acceptors (Lipinski definition) is 2. The van der Waals surface area contributed by atoms with Crippen molar-refractivity contribution in [3.63, 3.8) is 0 Å². The second-order valence-electron chi connectivity index (χ2n) is 6.59. The molecule has 0 radical (unpaired) electrons. The molecule has 0 spiro atoms. The zero-order valence-corrected chi connectivity index (χ0v) is 15.2. The molecule has 0 amide bonds. The summed E-state index contributed by atoms with van der Waals surface area (Å²) < 4.78 is 0. The Labute approximate surface area is 137 Å². The first-order valence-corrected chi connectivity index (χ1v) is 8.63. The molecule has 0 aliphatic rings. The lowest BCUT2D eigenvalue weighted by atomic mass is 9.73. The molecule has 2 unspecified atom stereocenters.